The van der Waals surface area contributed by atoms with Gasteiger partial charge in [0, 0.05) is 33.5 Å². The van der Waals surface area contributed by atoms with Gasteiger partial charge in [-0.15, -0.1) is 0 Å². The molecule has 11 unspecified atom stereocenters. The summed E-state index contributed by atoms with van der Waals surface area (Å²) in [6, 6.07) is 0. The fourth-order valence-electron chi connectivity index (χ4n) is 23.6. The van der Waals surface area contributed by atoms with Gasteiger partial charge in [0.2, 0.25) is 6.29 Å². The minimum absolute atomic E-state index is 0.0111. The molecule has 0 radical (unpaired) electrons. The molecule has 11 aliphatic rings. The Kier molecular flexibility index (Phi) is 15.8. The Labute approximate surface area is 495 Å². The van der Waals surface area contributed by atoms with Crippen molar-refractivity contribution in [2.24, 2.45) is 101 Å². The molecule has 13 N–H and O–H groups in total. The zero-order valence-electron chi connectivity index (χ0n) is 52.4. The third-order valence-corrected chi connectivity index (χ3v) is 29.5. The zero-order chi connectivity index (χ0) is 61.4. The molecule has 15 nitrogen and oxygen atoms in total. The molecule has 472 valence electrons. The average Bonchev–Trinajstić information content (AvgIpc) is 0.719. The van der Waals surface area contributed by atoms with Gasteiger partial charge in [-0.3, -0.25) is 0 Å². The van der Waals surface area contributed by atoms with E-state index in [2.05, 4.69) is 80.7 Å². The van der Waals surface area contributed by atoms with Crippen LogP contribution in [-0.2, 0) is 9.47 Å². The molecule has 9 fully saturated rings. The van der Waals surface area contributed by atoms with Gasteiger partial charge in [0.25, 0.3) is 0 Å². The zero-order valence-corrected chi connectivity index (χ0v) is 52.4. The van der Waals surface area contributed by atoms with Crippen LogP contribution in [0, 0.1) is 101 Å². The summed E-state index contributed by atoms with van der Waals surface area (Å²) in [6.45, 7) is 33.7. The Morgan fingerprint density at radius 2 is 0.952 bits per heavy atom. The van der Waals surface area contributed by atoms with E-state index in [0.717, 1.165) is 77.0 Å². The van der Waals surface area contributed by atoms with E-state index in [9.17, 15) is 66.4 Å². The summed E-state index contributed by atoms with van der Waals surface area (Å²) in [5.74, 6) is 0.866. The molecule has 1 heterocycles. The van der Waals surface area contributed by atoms with Crippen LogP contribution in [0.5, 0.6) is 0 Å². The van der Waals surface area contributed by atoms with E-state index in [1.807, 2.05) is 27.7 Å². The van der Waals surface area contributed by atoms with Gasteiger partial charge in [0.15, 0.2) is 0 Å². The number of fused-ring (bicyclic) bond motifs is 14. The largest absolute Gasteiger partial charge is 0.512 e. The van der Waals surface area contributed by atoms with Crippen molar-refractivity contribution < 1.29 is 75.9 Å². The van der Waals surface area contributed by atoms with Gasteiger partial charge in [0.1, 0.15) is 24.4 Å². The van der Waals surface area contributed by atoms with Gasteiger partial charge in [-0.25, -0.2) is 0 Å². The lowest BCUT2D eigenvalue weighted by Crippen LogP contribution is -2.69. The Balaban J connectivity index is 0.000000192. The SMILES string of the molecule is C=C(O)[C@]12CC[C@@H](C)[C@@](C)(O)C1C1=CCC3[C@@]4(C)C[C@@H](O)[C@H](O)[C@@](C)(CO)C4CC[C@@]3(C)[C@]1(C)CC2.C=C(OC1OC(CO)C(O)C(O)C1O)[C@]12CC[C@@H](C)[C@@](C)(O)C1C1=CCC3[C@@]4(C)C[C@@H](O)[C@H](O)[C@@](C)(CO)C4CC[C@@]3(C)[C@]1(C)CC2. The van der Waals surface area contributed by atoms with Crippen molar-refractivity contribution in [1.29, 1.82) is 0 Å². The second-order valence-electron chi connectivity index (χ2n) is 32.5. The van der Waals surface area contributed by atoms with Crippen LogP contribution in [0.2, 0.25) is 0 Å². The molecule has 0 spiro atoms. The number of allylic oxidation sites excluding steroid dienone is 4. The molecule has 8 saturated carbocycles. The van der Waals surface area contributed by atoms with Gasteiger partial charge in [-0.2, -0.15) is 0 Å². The molecule has 15 heteroatoms. The second-order valence-corrected chi connectivity index (χ2v) is 32.5. The van der Waals surface area contributed by atoms with Crippen molar-refractivity contribution in [2.45, 2.75) is 252 Å². The maximum Gasteiger partial charge on any atom is 0.228 e. The summed E-state index contributed by atoms with van der Waals surface area (Å²) in [5.41, 5.74) is -3.47. The smallest absolute Gasteiger partial charge is 0.228 e. The molecule has 11 rings (SSSR count). The van der Waals surface area contributed by atoms with Gasteiger partial charge < -0.3 is 75.9 Å². The number of aliphatic hydroxyl groups is 13. The molecular formula is C68H110O15. The number of rotatable bonds is 7. The average molecular weight is 1170 g/mol. The Bertz CT molecular complexity index is 2580. The molecule has 1 saturated heterocycles. The van der Waals surface area contributed by atoms with Crippen molar-refractivity contribution >= 4 is 0 Å². The van der Waals surface area contributed by atoms with Crippen LogP contribution in [0.1, 0.15) is 186 Å². The summed E-state index contributed by atoms with van der Waals surface area (Å²) in [7, 11) is 0. The van der Waals surface area contributed by atoms with Crippen molar-refractivity contribution in [3.8, 4) is 0 Å². The number of ether oxygens (including phenoxy) is 2. The predicted molar refractivity (Wildman–Crippen MR) is 314 cm³/mol. The van der Waals surface area contributed by atoms with Crippen molar-refractivity contribution in [2.75, 3.05) is 19.8 Å². The van der Waals surface area contributed by atoms with Crippen LogP contribution in [0.25, 0.3) is 0 Å². The van der Waals surface area contributed by atoms with Gasteiger partial charge in [-0.05, 0) is 185 Å². The second kappa shape index (κ2) is 20.5. The fraction of sp³-hybridized carbons (Fsp3) is 0.882. The molecular weight excluding hydrogens is 1060 g/mol. The molecule has 29 atom stereocenters. The normalized spacial score (nSPS) is 58.0. The standard InChI is InChI=1S/C37H60O10.C31H50O5/c1-19-10-13-37(20(2)46-31-28(43)27(42)26(41)23(17-38)47-31)15-14-34(5)21(29(37)36(19,7)45)8-9-25-32(3)16-22(40)30(44)33(4,18-39)24(32)11-12-35(25,34)6;1-18-10-13-31(19(2)33)15-14-28(5)20(24(31)30(18,7)36)8-9-23-26(3)16-21(34)25(35)27(4,17-32)22(26)11-12-29(23,28)6/h8,19,22-31,38-45H,2,9-18H2,1,3-7H3;8,18,21-25,32-36H,2,9-17H2,1,3-7H3/t19-,22-,23?,24?,25?,26?,27?,28?,29?,30+,31?,32+,33+,34-,35-,36-,37-;18-,21-,22?,23?,24?,25+,26+,27+,28-,29-,30-,31-/m11/s1. The fourth-order valence-corrected chi connectivity index (χ4v) is 23.6. The summed E-state index contributed by atoms with van der Waals surface area (Å²) < 4.78 is 12.0. The van der Waals surface area contributed by atoms with E-state index in [4.69, 9.17) is 9.47 Å². The van der Waals surface area contributed by atoms with Crippen LogP contribution in [0.3, 0.4) is 0 Å². The topological polar surface area (TPSA) is 281 Å². The van der Waals surface area contributed by atoms with E-state index >= 15 is 0 Å². The highest BCUT2D eigenvalue weighted by atomic mass is 16.7. The Morgan fingerprint density at radius 3 is 1.36 bits per heavy atom. The van der Waals surface area contributed by atoms with Crippen molar-refractivity contribution in [3.05, 3.63) is 48.0 Å². The third kappa shape index (κ3) is 8.32. The lowest BCUT2D eigenvalue weighted by atomic mass is 9.32. The van der Waals surface area contributed by atoms with Crippen LogP contribution < -0.4 is 0 Å². The van der Waals surface area contributed by atoms with Gasteiger partial charge >= 0.3 is 0 Å². The lowest BCUT2D eigenvalue weighted by Gasteiger charge is -2.72. The minimum atomic E-state index is -1.57. The maximum atomic E-state index is 12.5. The number of aliphatic hydroxyl groups excluding tert-OH is 11. The molecule has 0 bridgehead atoms. The van der Waals surface area contributed by atoms with Gasteiger partial charge in [-0.1, -0.05) is 106 Å². The molecule has 0 aromatic heterocycles. The van der Waals surface area contributed by atoms with E-state index in [1.54, 1.807) is 0 Å². The first-order valence-electron chi connectivity index (χ1n) is 32.2. The van der Waals surface area contributed by atoms with Crippen LogP contribution >= 0.6 is 0 Å². The Morgan fingerprint density at radius 1 is 0.542 bits per heavy atom. The first kappa shape index (κ1) is 64.0. The lowest BCUT2D eigenvalue weighted by molar-refractivity contribution is -0.298. The highest BCUT2D eigenvalue weighted by Gasteiger charge is 2.74. The summed E-state index contributed by atoms with van der Waals surface area (Å²) >= 11 is 0. The van der Waals surface area contributed by atoms with Crippen LogP contribution in [0.15, 0.2) is 48.0 Å². The number of hydrogen-bond acceptors (Lipinski definition) is 15. The van der Waals surface area contributed by atoms with E-state index in [1.165, 1.54) is 11.1 Å². The monoisotopic (exact) mass is 1170 g/mol. The first-order chi connectivity index (χ1) is 38.4. The number of hydrogen-bond donors (Lipinski definition) is 13. The van der Waals surface area contributed by atoms with E-state index < -0.39 is 94.6 Å². The molecule has 83 heavy (non-hydrogen) atoms. The predicted octanol–water partition coefficient (Wildman–Crippen LogP) is 7.53. The molecule has 0 aromatic carbocycles. The summed E-state index contributed by atoms with van der Waals surface area (Å²) in [6.07, 6.45) is 6.61. The molecule has 0 amide bonds. The van der Waals surface area contributed by atoms with E-state index in [-0.39, 0.29) is 92.9 Å². The maximum absolute atomic E-state index is 12.5. The highest BCUT2D eigenvalue weighted by Crippen LogP contribution is 2.79. The molecule has 10 aliphatic carbocycles. The first-order valence-corrected chi connectivity index (χ1v) is 32.2. The Hall–Kier alpha value is -1.96. The summed E-state index contributed by atoms with van der Waals surface area (Å²) in [4.78, 5) is 0. The van der Waals surface area contributed by atoms with Crippen LogP contribution in [-0.4, -0.2) is 153 Å². The van der Waals surface area contributed by atoms with E-state index in [0.29, 0.717) is 37.4 Å². The molecule has 1 aliphatic heterocycles. The minimum Gasteiger partial charge on any atom is -0.512 e. The third-order valence-electron chi connectivity index (χ3n) is 29.5. The molecule has 0 aromatic rings. The quantitative estimate of drug-likeness (QED) is 0.0867. The van der Waals surface area contributed by atoms with Gasteiger partial charge in [0.05, 0.1) is 67.0 Å². The van der Waals surface area contributed by atoms with Crippen molar-refractivity contribution in [3.63, 3.8) is 0 Å². The summed E-state index contributed by atoms with van der Waals surface area (Å²) in [5, 5.41) is 142. The van der Waals surface area contributed by atoms with Crippen LogP contribution in [0.4, 0.5) is 0 Å². The van der Waals surface area contributed by atoms with Crippen molar-refractivity contribution in [1.82, 2.24) is 0 Å². The highest BCUT2D eigenvalue weighted by molar-refractivity contribution is 5.40.